The lowest BCUT2D eigenvalue weighted by Crippen LogP contribution is -2.42. The molecule has 0 aliphatic rings. The van der Waals surface area contributed by atoms with E-state index in [2.05, 4.69) is 26.5 Å². The normalized spacial score (nSPS) is 13.4. The van der Waals surface area contributed by atoms with Gasteiger partial charge < -0.3 is 4.90 Å². The van der Waals surface area contributed by atoms with Crippen molar-refractivity contribution in [2.24, 2.45) is 5.92 Å². The van der Waals surface area contributed by atoms with E-state index in [0.717, 1.165) is 12.8 Å². The number of thiol groups is 1. The van der Waals surface area contributed by atoms with Gasteiger partial charge in [-0.2, -0.15) is 12.6 Å². The minimum Gasteiger partial charge on any atom is -0.342 e. The maximum Gasteiger partial charge on any atom is 0.235 e. The van der Waals surface area contributed by atoms with Gasteiger partial charge in [-0.25, -0.2) is 0 Å². The predicted molar refractivity (Wildman–Crippen MR) is 64.8 cm³/mol. The highest BCUT2D eigenvalue weighted by atomic mass is 32.1. The van der Waals surface area contributed by atoms with Crippen molar-refractivity contribution in [1.29, 1.82) is 0 Å². The summed E-state index contributed by atoms with van der Waals surface area (Å²) in [6.45, 7) is 8.27. The van der Waals surface area contributed by atoms with Crippen molar-refractivity contribution in [1.82, 2.24) is 4.90 Å². The molecule has 0 N–H and O–H groups in total. The first-order chi connectivity index (χ1) is 6.45. The Labute approximate surface area is 93.5 Å². The van der Waals surface area contributed by atoms with Crippen molar-refractivity contribution in [3.05, 3.63) is 0 Å². The van der Waals surface area contributed by atoms with Crippen LogP contribution in [0, 0.1) is 5.92 Å². The molecule has 1 unspecified atom stereocenters. The summed E-state index contributed by atoms with van der Waals surface area (Å²) in [5.41, 5.74) is 0. The van der Waals surface area contributed by atoms with Gasteiger partial charge in [0.15, 0.2) is 0 Å². The number of carbonyl (C=O) groups is 1. The third kappa shape index (κ3) is 3.52. The molecule has 0 rings (SSSR count). The molecule has 0 aliphatic carbocycles. The molecular weight excluding hydrogens is 194 g/mol. The van der Waals surface area contributed by atoms with E-state index >= 15 is 0 Å². The van der Waals surface area contributed by atoms with E-state index < -0.39 is 0 Å². The SMILES string of the molecule is CCC(CC)N(C)C(=O)C(S)C(C)C. The topological polar surface area (TPSA) is 20.3 Å². The molecule has 0 heterocycles. The number of hydrogen-bond donors (Lipinski definition) is 1. The van der Waals surface area contributed by atoms with Crippen LogP contribution in [0.5, 0.6) is 0 Å². The Morgan fingerprint density at radius 2 is 1.71 bits per heavy atom. The van der Waals surface area contributed by atoms with Gasteiger partial charge in [0.05, 0.1) is 5.25 Å². The van der Waals surface area contributed by atoms with E-state index in [4.69, 9.17) is 0 Å². The standard InChI is InChI=1S/C11H23NOS/c1-6-9(7-2)12(5)11(13)10(14)8(3)4/h8-10,14H,6-7H2,1-5H3. The smallest absolute Gasteiger partial charge is 0.235 e. The van der Waals surface area contributed by atoms with Crippen LogP contribution in [0.1, 0.15) is 40.5 Å². The summed E-state index contributed by atoms with van der Waals surface area (Å²) < 4.78 is 0. The van der Waals surface area contributed by atoms with E-state index in [1.165, 1.54) is 0 Å². The molecule has 84 valence electrons. The summed E-state index contributed by atoms with van der Waals surface area (Å²) in [4.78, 5) is 13.7. The molecule has 1 atom stereocenters. The molecule has 0 aromatic rings. The zero-order valence-corrected chi connectivity index (χ0v) is 10.8. The van der Waals surface area contributed by atoms with Gasteiger partial charge in [0, 0.05) is 13.1 Å². The monoisotopic (exact) mass is 217 g/mol. The van der Waals surface area contributed by atoms with Gasteiger partial charge in [-0.1, -0.05) is 27.7 Å². The lowest BCUT2D eigenvalue weighted by molar-refractivity contribution is -0.132. The fraction of sp³-hybridized carbons (Fsp3) is 0.909. The number of rotatable bonds is 5. The lowest BCUT2D eigenvalue weighted by atomic mass is 10.1. The van der Waals surface area contributed by atoms with Crippen LogP contribution in [-0.2, 0) is 4.79 Å². The molecule has 0 saturated carbocycles. The number of carbonyl (C=O) groups excluding carboxylic acids is 1. The average molecular weight is 217 g/mol. The summed E-state index contributed by atoms with van der Waals surface area (Å²) in [6.07, 6.45) is 2.02. The number of hydrogen-bond acceptors (Lipinski definition) is 2. The molecule has 1 amide bonds. The summed E-state index contributed by atoms with van der Waals surface area (Å²) in [5.74, 6) is 0.444. The Kier molecular flexibility index (Phi) is 6.25. The Hall–Kier alpha value is -0.180. The number of amides is 1. The van der Waals surface area contributed by atoms with Crippen LogP contribution >= 0.6 is 12.6 Å². The molecular formula is C11H23NOS. The van der Waals surface area contributed by atoms with Crippen LogP contribution in [0.25, 0.3) is 0 Å². The first-order valence-corrected chi connectivity index (χ1v) is 5.92. The van der Waals surface area contributed by atoms with E-state index in [9.17, 15) is 4.79 Å². The second-order valence-corrected chi connectivity index (χ2v) is 4.66. The fourth-order valence-corrected chi connectivity index (χ4v) is 1.69. The lowest BCUT2D eigenvalue weighted by Gasteiger charge is -2.29. The molecule has 0 fully saturated rings. The van der Waals surface area contributed by atoms with Crippen LogP contribution < -0.4 is 0 Å². The molecule has 2 nitrogen and oxygen atoms in total. The van der Waals surface area contributed by atoms with Crippen molar-refractivity contribution < 1.29 is 4.79 Å². The van der Waals surface area contributed by atoms with Gasteiger partial charge in [-0.3, -0.25) is 4.79 Å². The molecule has 0 radical (unpaired) electrons. The predicted octanol–water partition coefficient (Wildman–Crippen LogP) is 2.59. The first kappa shape index (κ1) is 13.8. The highest BCUT2D eigenvalue weighted by molar-refractivity contribution is 7.81. The average Bonchev–Trinajstić information content (AvgIpc) is 2.17. The second-order valence-electron chi connectivity index (χ2n) is 4.11. The quantitative estimate of drug-likeness (QED) is 0.702. The van der Waals surface area contributed by atoms with Crippen molar-refractivity contribution in [3.63, 3.8) is 0 Å². The molecule has 3 heteroatoms. The summed E-state index contributed by atoms with van der Waals surface area (Å²) in [5, 5.41) is -0.166. The molecule has 0 aromatic carbocycles. The fourth-order valence-electron chi connectivity index (χ4n) is 1.51. The van der Waals surface area contributed by atoms with Gasteiger partial charge in [0.25, 0.3) is 0 Å². The van der Waals surface area contributed by atoms with Gasteiger partial charge >= 0.3 is 0 Å². The Balaban J connectivity index is 4.36. The third-order valence-electron chi connectivity index (χ3n) is 2.72. The highest BCUT2D eigenvalue weighted by Gasteiger charge is 2.24. The molecule has 14 heavy (non-hydrogen) atoms. The van der Waals surface area contributed by atoms with Crippen LogP contribution in [0.15, 0.2) is 0 Å². The molecule has 0 aliphatic heterocycles. The maximum atomic E-state index is 11.9. The van der Waals surface area contributed by atoms with Gasteiger partial charge in [0.2, 0.25) is 5.91 Å². The van der Waals surface area contributed by atoms with Gasteiger partial charge in [-0.15, -0.1) is 0 Å². The Morgan fingerprint density at radius 1 is 1.29 bits per heavy atom. The van der Waals surface area contributed by atoms with Crippen molar-refractivity contribution in [3.8, 4) is 0 Å². The summed E-state index contributed by atoms with van der Waals surface area (Å²) in [6, 6.07) is 0.357. The van der Waals surface area contributed by atoms with Gasteiger partial charge in [-0.05, 0) is 18.8 Å². The van der Waals surface area contributed by atoms with Crippen LogP contribution in [0.3, 0.4) is 0 Å². The van der Waals surface area contributed by atoms with E-state index in [0.29, 0.717) is 12.0 Å². The maximum absolute atomic E-state index is 11.9. The molecule has 0 saturated heterocycles. The zero-order valence-electron chi connectivity index (χ0n) is 9.95. The van der Waals surface area contributed by atoms with E-state index in [-0.39, 0.29) is 11.2 Å². The first-order valence-electron chi connectivity index (χ1n) is 5.40. The minimum absolute atomic E-state index is 0.150. The van der Waals surface area contributed by atoms with Crippen LogP contribution in [-0.4, -0.2) is 29.1 Å². The van der Waals surface area contributed by atoms with E-state index in [1.807, 2.05) is 25.8 Å². The largest absolute Gasteiger partial charge is 0.342 e. The van der Waals surface area contributed by atoms with Crippen molar-refractivity contribution >= 4 is 18.5 Å². The van der Waals surface area contributed by atoms with Crippen molar-refractivity contribution in [2.45, 2.75) is 51.8 Å². The van der Waals surface area contributed by atoms with Crippen LogP contribution in [0.4, 0.5) is 0 Å². The molecule has 0 aromatic heterocycles. The molecule has 0 bridgehead atoms. The van der Waals surface area contributed by atoms with Gasteiger partial charge in [0.1, 0.15) is 0 Å². The highest BCUT2D eigenvalue weighted by Crippen LogP contribution is 2.15. The second kappa shape index (κ2) is 6.33. The third-order valence-corrected chi connectivity index (χ3v) is 3.54. The molecule has 0 spiro atoms. The van der Waals surface area contributed by atoms with Crippen molar-refractivity contribution in [2.75, 3.05) is 7.05 Å². The Bertz CT molecular complexity index is 178. The number of nitrogens with zero attached hydrogens (tertiary/aromatic N) is 1. The zero-order chi connectivity index (χ0) is 11.3. The van der Waals surface area contributed by atoms with Crippen LogP contribution in [0.2, 0.25) is 0 Å². The minimum atomic E-state index is -0.166. The summed E-state index contributed by atoms with van der Waals surface area (Å²) in [7, 11) is 1.88. The Morgan fingerprint density at radius 3 is 2.00 bits per heavy atom. The summed E-state index contributed by atoms with van der Waals surface area (Å²) >= 11 is 4.34. The van der Waals surface area contributed by atoms with E-state index in [1.54, 1.807) is 0 Å².